The average Bonchev–Trinajstić information content (AvgIpc) is 3.17. The van der Waals surface area contributed by atoms with Crippen LogP contribution in [0.5, 0.6) is 0 Å². The SMILES string of the molecule is Cc1cc(Cl)ccc1NC(=O)c1cn(-c2ccccc2)nc1-c1cccnc1. The van der Waals surface area contributed by atoms with Crippen molar-refractivity contribution in [3.05, 3.63) is 95.4 Å². The predicted octanol–water partition coefficient (Wildman–Crippen LogP) is 5.15. The van der Waals surface area contributed by atoms with Crippen LogP contribution >= 0.6 is 11.6 Å². The number of aromatic nitrogens is 3. The number of para-hydroxylation sites is 1. The molecular formula is C22H17ClN4O. The first-order valence-electron chi connectivity index (χ1n) is 8.75. The molecule has 0 aliphatic carbocycles. The summed E-state index contributed by atoms with van der Waals surface area (Å²) in [6.07, 6.45) is 5.12. The van der Waals surface area contributed by atoms with Crippen molar-refractivity contribution in [1.82, 2.24) is 14.8 Å². The van der Waals surface area contributed by atoms with Crippen LogP contribution in [0.4, 0.5) is 5.69 Å². The fraction of sp³-hybridized carbons (Fsp3) is 0.0455. The van der Waals surface area contributed by atoms with Gasteiger partial charge in [-0.3, -0.25) is 9.78 Å². The van der Waals surface area contributed by atoms with Crippen LogP contribution in [0.2, 0.25) is 5.02 Å². The van der Waals surface area contributed by atoms with Gasteiger partial charge >= 0.3 is 0 Å². The molecule has 0 saturated carbocycles. The number of benzene rings is 2. The van der Waals surface area contributed by atoms with Crippen LogP contribution in [0.1, 0.15) is 15.9 Å². The van der Waals surface area contributed by atoms with E-state index >= 15 is 0 Å². The molecule has 0 unspecified atom stereocenters. The van der Waals surface area contributed by atoms with Crippen LogP contribution < -0.4 is 5.32 Å². The monoisotopic (exact) mass is 388 g/mol. The van der Waals surface area contributed by atoms with Crippen molar-refractivity contribution in [2.45, 2.75) is 6.92 Å². The van der Waals surface area contributed by atoms with E-state index in [9.17, 15) is 4.79 Å². The highest BCUT2D eigenvalue weighted by atomic mass is 35.5. The van der Waals surface area contributed by atoms with Crippen LogP contribution in [0, 0.1) is 6.92 Å². The minimum Gasteiger partial charge on any atom is -0.322 e. The molecule has 0 saturated heterocycles. The Morgan fingerprint density at radius 3 is 2.61 bits per heavy atom. The van der Waals surface area contributed by atoms with Crippen LogP contribution in [0.15, 0.2) is 79.3 Å². The predicted molar refractivity (Wildman–Crippen MR) is 111 cm³/mol. The van der Waals surface area contributed by atoms with Crippen molar-refractivity contribution < 1.29 is 4.79 Å². The summed E-state index contributed by atoms with van der Waals surface area (Å²) in [4.78, 5) is 17.2. The molecule has 6 heteroatoms. The Labute approximate surface area is 167 Å². The first-order chi connectivity index (χ1) is 13.6. The van der Waals surface area contributed by atoms with Crippen molar-refractivity contribution in [3.63, 3.8) is 0 Å². The molecule has 0 spiro atoms. The van der Waals surface area contributed by atoms with Crippen LogP contribution in [0.3, 0.4) is 0 Å². The fourth-order valence-corrected chi connectivity index (χ4v) is 3.15. The smallest absolute Gasteiger partial charge is 0.259 e. The molecule has 0 bridgehead atoms. The van der Waals surface area contributed by atoms with Gasteiger partial charge in [0.25, 0.3) is 5.91 Å². The van der Waals surface area contributed by atoms with E-state index in [0.29, 0.717) is 22.0 Å². The average molecular weight is 389 g/mol. The van der Waals surface area contributed by atoms with Gasteiger partial charge in [0.05, 0.1) is 11.3 Å². The molecule has 4 rings (SSSR count). The van der Waals surface area contributed by atoms with Crippen molar-refractivity contribution in [2.75, 3.05) is 5.32 Å². The number of halogens is 1. The molecule has 2 aromatic heterocycles. The number of nitrogens with one attached hydrogen (secondary N) is 1. The van der Waals surface area contributed by atoms with E-state index in [-0.39, 0.29) is 5.91 Å². The summed E-state index contributed by atoms with van der Waals surface area (Å²) in [6.45, 7) is 1.90. The second-order valence-electron chi connectivity index (χ2n) is 6.33. The Bertz CT molecular complexity index is 1120. The number of nitrogens with zero attached hydrogens (tertiary/aromatic N) is 3. The molecule has 2 aromatic carbocycles. The molecule has 1 amide bonds. The summed E-state index contributed by atoms with van der Waals surface area (Å²) in [7, 11) is 0. The van der Waals surface area contributed by atoms with E-state index in [2.05, 4.69) is 15.4 Å². The molecule has 0 radical (unpaired) electrons. The van der Waals surface area contributed by atoms with Gasteiger partial charge in [-0.2, -0.15) is 5.10 Å². The van der Waals surface area contributed by atoms with Gasteiger partial charge in [0.15, 0.2) is 0 Å². The number of hydrogen-bond donors (Lipinski definition) is 1. The van der Waals surface area contributed by atoms with Gasteiger partial charge in [-0.25, -0.2) is 4.68 Å². The molecule has 0 aliphatic rings. The summed E-state index contributed by atoms with van der Waals surface area (Å²) in [6, 6.07) is 18.7. The Balaban J connectivity index is 1.76. The molecule has 0 fully saturated rings. The topological polar surface area (TPSA) is 59.8 Å². The minimum atomic E-state index is -0.244. The van der Waals surface area contributed by atoms with Gasteiger partial charge in [0.2, 0.25) is 0 Å². The normalized spacial score (nSPS) is 10.6. The summed E-state index contributed by atoms with van der Waals surface area (Å²) in [5, 5.41) is 8.23. The van der Waals surface area contributed by atoms with Crippen molar-refractivity contribution in [1.29, 1.82) is 0 Å². The molecule has 2 heterocycles. The van der Waals surface area contributed by atoms with E-state index in [1.54, 1.807) is 35.4 Å². The second-order valence-corrected chi connectivity index (χ2v) is 6.76. The van der Waals surface area contributed by atoms with Gasteiger partial charge in [0, 0.05) is 34.9 Å². The number of rotatable bonds is 4. The molecule has 1 N–H and O–H groups in total. The number of amides is 1. The number of anilines is 1. The van der Waals surface area contributed by atoms with E-state index in [0.717, 1.165) is 16.8 Å². The number of carbonyl (C=O) groups is 1. The third-order valence-electron chi connectivity index (χ3n) is 4.35. The second kappa shape index (κ2) is 7.66. The van der Waals surface area contributed by atoms with Crippen LogP contribution in [-0.2, 0) is 0 Å². The standard InChI is InChI=1S/C22H17ClN4O/c1-15-12-17(23)9-10-20(15)25-22(28)19-14-27(18-7-3-2-4-8-18)26-21(19)16-6-5-11-24-13-16/h2-14H,1H3,(H,25,28). The van der Waals surface area contributed by atoms with E-state index in [1.165, 1.54) is 0 Å². The van der Waals surface area contributed by atoms with Crippen LogP contribution in [-0.4, -0.2) is 20.7 Å². The zero-order chi connectivity index (χ0) is 19.5. The molecule has 0 atom stereocenters. The number of aryl methyl sites for hydroxylation is 1. The van der Waals surface area contributed by atoms with E-state index < -0.39 is 0 Å². The third-order valence-corrected chi connectivity index (χ3v) is 4.59. The maximum Gasteiger partial charge on any atom is 0.259 e. The molecule has 0 aliphatic heterocycles. The van der Waals surface area contributed by atoms with Crippen LogP contribution in [0.25, 0.3) is 16.9 Å². The Morgan fingerprint density at radius 2 is 1.89 bits per heavy atom. The Morgan fingerprint density at radius 1 is 1.07 bits per heavy atom. The lowest BCUT2D eigenvalue weighted by atomic mass is 10.1. The highest BCUT2D eigenvalue weighted by Gasteiger charge is 2.19. The zero-order valence-corrected chi connectivity index (χ0v) is 15.9. The molecule has 4 aromatic rings. The lowest BCUT2D eigenvalue weighted by molar-refractivity contribution is 0.102. The summed E-state index contributed by atoms with van der Waals surface area (Å²) < 4.78 is 1.70. The summed E-state index contributed by atoms with van der Waals surface area (Å²) in [5.74, 6) is -0.244. The third kappa shape index (κ3) is 3.66. The lowest BCUT2D eigenvalue weighted by Crippen LogP contribution is -2.13. The fourth-order valence-electron chi connectivity index (χ4n) is 2.93. The highest BCUT2D eigenvalue weighted by molar-refractivity contribution is 6.30. The molecule has 138 valence electrons. The van der Waals surface area contributed by atoms with Gasteiger partial charge in [0.1, 0.15) is 5.69 Å². The first kappa shape index (κ1) is 17.9. The van der Waals surface area contributed by atoms with E-state index in [4.69, 9.17) is 11.6 Å². The number of hydrogen-bond acceptors (Lipinski definition) is 3. The van der Waals surface area contributed by atoms with Crippen molar-refractivity contribution >= 4 is 23.2 Å². The molecular weight excluding hydrogens is 372 g/mol. The van der Waals surface area contributed by atoms with Gasteiger partial charge < -0.3 is 5.32 Å². The zero-order valence-electron chi connectivity index (χ0n) is 15.1. The number of pyridine rings is 1. The Kier molecular flexibility index (Phi) is 4.91. The summed E-state index contributed by atoms with van der Waals surface area (Å²) in [5.41, 5.74) is 4.27. The summed E-state index contributed by atoms with van der Waals surface area (Å²) >= 11 is 6.01. The van der Waals surface area contributed by atoms with Gasteiger partial charge in [-0.1, -0.05) is 29.8 Å². The quantitative estimate of drug-likeness (QED) is 0.526. The largest absolute Gasteiger partial charge is 0.322 e. The Hall–Kier alpha value is -3.44. The first-order valence-corrected chi connectivity index (χ1v) is 9.12. The van der Waals surface area contributed by atoms with Crippen molar-refractivity contribution in [2.24, 2.45) is 0 Å². The van der Waals surface area contributed by atoms with E-state index in [1.807, 2.05) is 55.5 Å². The minimum absolute atomic E-state index is 0.244. The van der Waals surface area contributed by atoms with Gasteiger partial charge in [-0.05, 0) is 55.0 Å². The van der Waals surface area contributed by atoms with Crippen molar-refractivity contribution in [3.8, 4) is 16.9 Å². The number of carbonyl (C=O) groups excluding carboxylic acids is 1. The molecule has 28 heavy (non-hydrogen) atoms. The highest BCUT2D eigenvalue weighted by Crippen LogP contribution is 2.25. The lowest BCUT2D eigenvalue weighted by Gasteiger charge is -2.08. The molecule has 5 nitrogen and oxygen atoms in total. The van der Waals surface area contributed by atoms with Gasteiger partial charge in [-0.15, -0.1) is 0 Å². The maximum atomic E-state index is 13.1. The maximum absolute atomic E-state index is 13.1.